The minimum atomic E-state index is -2.36. The SMILES string of the molecule is O=C(OCc1ccccc1)N1CC2(CCC2)C(F)(C(=O)O)C1. The Morgan fingerprint density at radius 1 is 1.23 bits per heavy atom. The molecule has 0 bridgehead atoms. The van der Waals surface area contributed by atoms with Crippen molar-refractivity contribution in [2.75, 3.05) is 13.1 Å². The summed E-state index contributed by atoms with van der Waals surface area (Å²) in [5, 5.41) is 9.23. The van der Waals surface area contributed by atoms with Crippen molar-refractivity contribution in [2.24, 2.45) is 5.41 Å². The third-order valence-corrected chi connectivity index (χ3v) is 4.86. The van der Waals surface area contributed by atoms with E-state index in [1.165, 1.54) is 4.90 Å². The molecule has 1 amide bonds. The maximum Gasteiger partial charge on any atom is 0.410 e. The number of amides is 1. The summed E-state index contributed by atoms with van der Waals surface area (Å²) in [4.78, 5) is 24.6. The normalized spacial score (nSPS) is 25.8. The number of carbonyl (C=O) groups excluding carboxylic acids is 1. The van der Waals surface area contributed by atoms with E-state index in [1.54, 1.807) is 0 Å². The number of hydrogen-bond acceptors (Lipinski definition) is 3. The molecule has 1 N–H and O–H groups in total. The van der Waals surface area contributed by atoms with Crippen molar-refractivity contribution in [3.05, 3.63) is 35.9 Å². The summed E-state index contributed by atoms with van der Waals surface area (Å²) >= 11 is 0. The number of aliphatic carboxylic acids is 1. The number of likely N-dealkylation sites (tertiary alicyclic amines) is 1. The molecule has 118 valence electrons. The summed E-state index contributed by atoms with van der Waals surface area (Å²) in [6.45, 7) is -0.227. The average molecular weight is 307 g/mol. The first-order valence-electron chi connectivity index (χ1n) is 7.35. The van der Waals surface area contributed by atoms with E-state index in [2.05, 4.69) is 0 Å². The number of carboxylic acid groups (broad SMARTS) is 1. The van der Waals surface area contributed by atoms with E-state index >= 15 is 0 Å². The van der Waals surface area contributed by atoms with Crippen LogP contribution in [-0.2, 0) is 16.1 Å². The molecule has 22 heavy (non-hydrogen) atoms. The van der Waals surface area contributed by atoms with Gasteiger partial charge < -0.3 is 14.7 Å². The number of nitrogens with zero attached hydrogens (tertiary/aromatic N) is 1. The molecular formula is C16H18FNO4. The van der Waals surface area contributed by atoms with E-state index in [9.17, 15) is 19.1 Å². The van der Waals surface area contributed by atoms with Crippen molar-refractivity contribution in [3.8, 4) is 0 Å². The molecular weight excluding hydrogens is 289 g/mol. The van der Waals surface area contributed by atoms with Crippen LogP contribution in [0.15, 0.2) is 30.3 Å². The number of rotatable bonds is 3. The molecule has 1 aromatic carbocycles. The maximum absolute atomic E-state index is 14.9. The van der Waals surface area contributed by atoms with Crippen molar-refractivity contribution in [2.45, 2.75) is 31.5 Å². The van der Waals surface area contributed by atoms with Crippen LogP contribution in [0.25, 0.3) is 0 Å². The standard InChI is InChI=1S/C16H18FNO4/c17-16(13(19)20)11-18(10-15(16)7-4-8-15)14(21)22-9-12-5-2-1-3-6-12/h1-3,5-6H,4,7-11H2,(H,19,20). The lowest BCUT2D eigenvalue weighted by Gasteiger charge is -2.43. The number of benzene rings is 1. The second kappa shape index (κ2) is 5.26. The number of hydrogen-bond donors (Lipinski definition) is 1. The molecule has 6 heteroatoms. The molecule has 1 unspecified atom stereocenters. The first kappa shape index (κ1) is 14.8. The number of carboxylic acids is 1. The van der Waals surface area contributed by atoms with Crippen LogP contribution in [0.5, 0.6) is 0 Å². The maximum atomic E-state index is 14.9. The van der Waals surface area contributed by atoms with E-state index in [-0.39, 0.29) is 13.2 Å². The Hall–Kier alpha value is -2.11. The molecule has 1 aliphatic carbocycles. The Balaban J connectivity index is 1.66. The van der Waals surface area contributed by atoms with Crippen LogP contribution in [0.2, 0.25) is 0 Å². The molecule has 0 radical (unpaired) electrons. The number of ether oxygens (including phenoxy) is 1. The monoisotopic (exact) mass is 307 g/mol. The minimum Gasteiger partial charge on any atom is -0.479 e. The fourth-order valence-electron chi connectivity index (χ4n) is 3.37. The molecule has 3 rings (SSSR count). The van der Waals surface area contributed by atoms with Gasteiger partial charge in [-0.25, -0.2) is 14.0 Å². The minimum absolute atomic E-state index is 0.0928. The summed E-state index contributed by atoms with van der Waals surface area (Å²) < 4.78 is 20.0. The molecule has 1 aliphatic heterocycles. The zero-order valence-electron chi connectivity index (χ0n) is 12.1. The summed E-state index contributed by atoms with van der Waals surface area (Å²) in [6.07, 6.45) is 1.14. The highest BCUT2D eigenvalue weighted by atomic mass is 19.1. The van der Waals surface area contributed by atoms with Gasteiger partial charge in [-0.1, -0.05) is 36.8 Å². The predicted molar refractivity (Wildman–Crippen MR) is 76.0 cm³/mol. The molecule has 1 atom stereocenters. The molecule has 1 saturated heterocycles. The number of alkyl halides is 1. The molecule has 0 aromatic heterocycles. The summed E-state index contributed by atoms with van der Waals surface area (Å²) in [7, 11) is 0. The van der Waals surface area contributed by atoms with Gasteiger partial charge in [0, 0.05) is 12.0 Å². The fraction of sp³-hybridized carbons (Fsp3) is 0.500. The number of carbonyl (C=O) groups is 2. The van der Waals surface area contributed by atoms with Crippen molar-refractivity contribution in [1.29, 1.82) is 0 Å². The quantitative estimate of drug-likeness (QED) is 0.932. The van der Waals surface area contributed by atoms with Gasteiger partial charge in [0.05, 0.1) is 6.54 Å². The van der Waals surface area contributed by atoms with Gasteiger partial charge >= 0.3 is 12.1 Å². The number of halogens is 1. The topological polar surface area (TPSA) is 66.8 Å². The summed E-state index contributed by atoms with van der Waals surface area (Å²) in [5.41, 5.74) is -2.47. The van der Waals surface area contributed by atoms with Gasteiger partial charge in [-0.15, -0.1) is 0 Å². The van der Waals surface area contributed by atoms with Crippen molar-refractivity contribution >= 4 is 12.1 Å². The second-order valence-corrected chi connectivity index (χ2v) is 6.14. The molecule has 1 spiro atoms. The fourth-order valence-corrected chi connectivity index (χ4v) is 3.37. The molecule has 2 aliphatic rings. The van der Waals surface area contributed by atoms with Crippen LogP contribution in [0.1, 0.15) is 24.8 Å². The Morgan fingerprint density at radius 2 is 1.91 bits per heavy atom. The third-order valence-electron chi connectivity index (χ3n) is 4.86. The first-order chi connectivity index (χ1) is 10.5. The lowest BCUT2D eigenvalue weighted by molar-refractivity contribution is -0.162. The van der Waals surface area contributed by atoms with Crippen LogP contribution in [0.4, 0.5) is 9.18 Å². The molecule has 1 aromatic rings. The van der Waals surface area contributed by atoms with Crippen molar-refractivity contribution in [3.63, 3.8) is 0 Å². The largest absolute Gasteiger partial charge is 0.479 e. The van der Waals surface area contributed by atoms with Crippen LogP contribution in [-0.4, -0.2) is 40.8 Å². The highest BCUT2D eigenvalue weighted by Crippen LogP contribution is 2.55. The van der Waals surface area contributed by atoms with E-state index in [0.29, 0.717) is 12.8 Å². The van der Waals surface area contributed by atoms with Crippen molar-refractivity contribution in [1.82, 2.24) is 4.90 Å². The smallest absolute Gasteiger partial charge is 0.410 e. The van der Waals surface area contributed by atoms with Gasteiger partial charge in [-0.3, -0.25) is 0 Å². The average Bonchev–Trinajstić information content (AvgIpc) is 2.81. The van der Waals surface area contributed by atoms with Gasteiger partial charge in [0.15, 0.2) is 0 Å². The lowest BCUT2D eigenvalue weighted by Crippen LogP contribution is -2.53. The highest BCUT2D eigenvalue weighted by molar-refractivity contribution is 5.82. The van der Waals surface area contributed by atoms with Gasteiger partial charge in [0.25, 0.3) is 0 Å². The van der Waals surface area contributed by atoms with Gasteiger partial charge in [-0.2, -0.15) is 0 Å². The first-order valence-corrected chi connectivity index (χ1v) is 7.35. The van der Waals surface area contributed by atoms with Gasteiger partial charge in [-0.05, 0) is 18.4 Å². The highest BCUT2D eigenvalue weighted by Gasteiger charge is 2.67. The molecule has 2 fully saturated rings. The van der Waals surface area contributed by atoms with Crippen LogP contribution in [0, 0.1) is 5.41 Å². The molecule has 1 heterocycles. The van der Waals surface area contributed by atoms with Gasteiger partial charge in [0.2, 0.25) is 5.67 Å². The van der Waals surface area contributed by atoms with Crippen LogP contribution >= 0.6 is 0 Å². The Bertz CT molecular complexity index is 587. The summed E-state index contributed by atoms with van der Waals surface area (Å²) in [6, 6.07) is 9.16. The lowest BCUT2D eigenvalue weighted by atomic mass is 9.61. The van der Waals surface area contributed by atoms with E-state index in [1.807, 2.05) is 30.3 Å². The molecule has 1 saturated carbocycles. The van der Waals surface area contributed by atoms with Crippen LogP contribution < -0.4 is 0 Å². The Morgan fingerprint density at radius 3 is 2.41 bits per heavy atom. The Labute approximate surface area is 127 Å². The summed E-state index contributed by atoms with van der Waals surface area (Å²) in [5.74, 6) is -1.48. The van der Waals surface area contributed by atoms with E-state index in [0.717, 1.165) is 12.0 Å². The zero-order valence-corrected chi connectivity index (χ0v) is 12.1. The van der Waals surface area contributed by atoms with Crippen LogP contribution in [0.3, 0.4) is 0 Å². The molecule has 5 nitrogen and oxygen atoms in total. The third kappa shape index (κ3) is 2.23. The van der Waals surface area contributed by atoms with E-state index < -0.39 is 29.7 Å². The van der Waals surface area contributed by atoms with Crippen molar-refractivity contribution < 1.29 is 23.8 Å². The van der Waals surface area contributed by atoms with E-state index in [4.69, 9.17) is 4.74 Å². The predicted octanol–water partition coefficient (Wildman–Crippen LogP) is 2.60. The second-order valence-electron chi connectivity index (χ2n) is 6.14. The zero-order chi connectivity index (χ0) is 15.8. The van der Waals surface area contributed by atoms with Gasteiger partial charge in [0.1, 0.15) is 6.61 Å². The Kier molecular flexibility index (Phi) is 3.54.